The van der Waals surface area contributed by atoms with E-state index in [1.54, 1.807) is 23.1 Å². The average molecular weight is 331 g/mol. The Balaban J connectivity index is 1.49. The lowest BCUT2D eigenvalue weighted by Crippen LogP contribution is -2.39. The molecule has 1 fully saturated rings. The van der Waals surface area contributed by atoms with E-state index in [0.717, 1.165) is 12.8 Å². The lowest BCUT2D eigenvalue weighted by molar-refractivity contribution is 0.0660. The Morgan fingerprint density at radius 1 is 1.04 bits per heavy atom. The number of nitrogens with zero attached hydrogens (tertiary/aromatic N) is 1. The van der Waals surface area contributed by atoms with Crippen LogP contribution < -0.4 is 4.74 Å². The zero-order chi connectivity index (χ0) is 16.9. The largest absolute Gasteiger partial charge is 0.490 e. The van der Waals surface area contributed by atoms with E-state index in [-0.39, 0.29) is 23.3 Å². The molecule has 0 atom stereocenters. The first-order chi connectivity index (χ1) is 11.6. The number of hydrogen-bond donors (Lipinski definition) is 0. The summed E-state index contributed by atoms with van der Waals surface area (Å²) in [7, 11) is 0. The third-order valence-corrected chi connectivity index (χ3v) is 4.30. The minimum atomic E-state index is -0.360. The van der Waals surface area contributed by atoms with Crippen LogP contribution in [0, 0.1) is 17.6 Å². The molecule has 0 aliphatic carbocycles. The van der Waals surface area contributed by atoms with Crippen molar-refractivity contribution in [3.63, 3.8) is 0 Å². The van der Waals surface area contributed by atoms with E-state index >= 15 is 0 Å². The molecule has 3 nitrogen and oxygen atoms in total. The summed E-state index contributed by atoms with van der Waals surface area (Å²) in [6.45, 7) is 1.70. The number of hydrogen-bond acceptors (Lipinski definition) is 2. The van der Waals surface area contributed by atoms with E-state index in [1.807, 2.05) is 0 Å². The summed E-state index contributed by atoms with van der Waals surface area (Å²) in [4.78, 5) is 14.1. The molecule has 1 aliphatic heterocycles. The minimum Gasteiger partial charge on any atom is -0.490 e. The fraction of sp³-hybridized carbons (Fsp3) is 0.316. The maximum absolute atomic E-state index is 13.5. The van der Waals surface area contributed by atoms with Crippen molar-refractivity contribution in [2.24, 2.45) is 5.92 Å². The number of halogens is 2. The highest BCUT2D eigenvalue weighted by Gasteiger charge is 2.24. The van der Waals surface area contributed by atoms with Crippen LogP contribution in [0.3, 0.4) is 0 Å². The monoisotopic (exact) mass is 331 g/mol. The Labute approximate surface area is 139 Å². The van der Waals surface area contributed by atoms with Gasteiger partial charge in [0.2, 0.25) is 0 Å². The molecule has 126 valence electrons. The second-order valence-corrected chi connectivity index (χ2v) is 5.98. The van der Waals surface area contributed by atoms with Crippen molar-refractivity contribution in [3.8, 4) is 5.75 Å². The molecular formula is C19H19F2NO2. The minimum absolute atomic E-state index is 0.0801. The van der Waals surface area contributed by atoms with Crippen LogP contribution in [0.15, 0.2) is 48.5 Å². The van der Waals surface area contributed by atoms with Crippen molar-refractivity contribution in [2.45, 2.75) is 12.8 Å². The Morgan fingerprint density at radius 3 is 2.38 bits per heavy atom. The molecule has 0 saturated carbocycles. The predicted molar refractivity (Wildman–Crippen MR) is 86.9 cm³/mol. The van der Waals surface area contributed by atoms with Gasteiger partial charge in [0, 0.05) is 18.7 Å². The number of ether oxygens (including phenoxy) is 1. The average Bonchev–Trinajstić information content (AvgIpc) is 2.62. The van der Waals surface area contributed by atoms with E-state index in [0.29, 0.717) is 31.2 Å². The number of likely N-dealkylation sites (tertiary alicyclic amines) is 1. The molecule has 1 amide bonds. The van der Waals surface area contributed by atoms with E-state index in [2.05, 4.69) is 0 Å². The molecule has 0 unspecified atom stereocenters. The van der Waals surface area contributed by atoms with E-state index in [4.69, 9.17) is 4.74 Å². The third kappa shape index (κ3) is 3.91. The Bertz CT molecular complexity index is 695. The molecule has 5 heteroatoms. The number of piperidine rings is 1. The topological polar surface area (TPSA) is 29.5 Å². The molecule has 1 heterocycles. The van der Waals surface area contributed by atoms with Gasteiger partial charge in [0.25, 0.3) is 5.91 Å². The van der Waals surface area contributed by atoms with E-state index in [9.17, 15) is 13.6 Å². The number of rotatable bonds is 4. The number of carbonyl (C=O) groups is 1. The van der Waals surface area contributed by atoms with Gasteiger partial charge in [0.15, 0.2) is 11.6 Å². The van der Waals surface area contributed by atoms with E-state index in [1.165, 1.54) is 30.3 Å². The molecule has 24 heavy (non-hydrogen) atoms. The number of para-hydroxylation sites is 1. The number of carbonyl (C=O) groups excluding carboxylic acids is 1. The summed E-state index contributed by atoms with van der Waals surface area (Å²) in [5.74, 6) is -0.232. The van der Waals surface area contributed by atoms with Crippen LogP contribution >= 0.6 is 0 Å². The fourth-order valence-electron chi connectivity index (χ4n) is 2.85. The van der Waals surface area contributed by atoms with Crippen molar-refractivity contribution in [2.75, 3.05) is 19.7 Å². The molecule has 1 saturated heterocycles. The predicted octanol–water partition coefficient (Wildman–Crippen LogP) is 3.90. The molecule has 0 spiro atoms. The summed E-state index contributed by atoms with van der Waals surface area (Å²) in [5, 5.41) is 0. The highest BCUT2D eigenvalue weighted by atomic mass is 19.1. The van der Waals surface area contributed by atoms with Gasteiger partial charge < -0.3 is 9.64 Å². The van der Waals surface area contributed by atoms with Gasteiger partial charge in [-0.3, -0.25) is 4.79 Å². The van der Waals surface area contributed by atoms with Crippen LogP contribution in [0.1, 0.15) is 23.2 Å². The van der Waals surface area contributed by atoms with Gasteiger partial charge in [0.05, 0.1) is 6.61 Å². The molecule has 3 rings (SSSR count). The Hall–Kier alpha value is -2.43. The van der Waals surface area contributed by atoms with Crippen LogP contribution in [0.4, 0.5) is 8.78 Å². The van der Waals surface area contributed by atoms with E-state index < -0.39 is 0 Å². The summed E-state index contributed by atoms with van der Waals surface area (Å²) in [6.07, 6.45) is 1.61. The second-order valence-electron chi connectivity index (χ2n) is 5.98. The lowest BCUT2D eigenvalue weighted by atomic mass is 9.97. The first kappa shape index (κ1) is 16.4. The van der Waals surface area contributed by atoms with Crippen molar-refractivity contribution in [1.82, 2.24) is 4.90 Å². The van der Waals surface area contributed by atoms with Gasteiger partial charge in [-0.1, -0.05) is 12.1 Å². The van der Waals surface area contributed by atoms with Gasteiger partial charge in [-0.15, -0.1) is 0 Å². The molecule has 2 aromatic carbocycles. The summed E-state index contributed by atoms with van der Waals surface area (Å²) < 4.78 is 32.0. The normalized spacial score (nSPS) is 15.3. The molecule has 0 bridgehead atoms. The van der Waals surface area contributed by atoms with Gasteiger partial charge in [-0.05, 0) is 55.2 Å². The number of benzene rings is 2. The maximum atomic E-state index is 13.5. The molecule has 1 aliphatic rings. The van der Waals surface area contributed by atoms with Crippen LogP contribution in [0.25, 0.3) is 0 Å². The third-order valence-electron chi connectivity index (χ3n) is 4.30. The summed E-state index contributed by atoms with van der Waals surface area (Å²) in [6, 6.07) is 12.0. The van der Waals surface area contributed by atoms with Crippen LogP contribution in [0.5, 0.6) is 5.75 Å². The zero-order valence-corrected chi connectivity index (χ0v) is 13.3. The highest BCUT2D eigenvalue weighted by Crippen LogP contribution is 2.22. The molecule has 2 aromatic rings. The smallest absolute Gasteiger partial charge is 0.253 e. The summed E-state index contributed by atoms with van der Waals surface area (Å²) >= 11 is 0. The van der Waals surface area contributed by atoms with Gasteiger partial charge in [-0.2, -0.15) is 0 Å². The number of amides is 1. The van der Waals surface area contributed by atoms with Gasteiger partial charge in [0.1, 0.15) is 5.82 Å². The molecule has 0 aromatic heterocycles. The van der Waals surface area contributed by atoms with Gasteiger partial charge in [-0.25, -0.2) is 8.78 Å². The SMILES string of the molecule is O=C(c1ccc(F)cc1)N1CCC(COc2ccccc2F)CC1. The standard InChI is InChI=1S/C19H19F2NO2/c20-16-7-5-15(6-8-16)19(23)22-11-9-14(10-12-22)13-24-18-4-2-1-3-17(18)21/h1-8,14H,9-13H2. The lowest BCUT2D eigenvalue weighted by Gasteiger charge is -2.32. The quantitative estimate of drug-likeness (QED) is 0.850. The van der Waals surface area contributed by atoms with Crippen LogP contribution in [0.2, 0.25) is 0 Å². The molecule has 0 N–H and O–H groups in total. The van der Waals surface area contributed by atoms with Crippen molar-refractivity contribution < 1.29 is 18.3 Å². The Kier molecular flexibility index (Phi) is 5.08. The summed E-state index contributed by atoms with van der Waals surface area (Å²) in [5.41, 5.74) is 0.498. The zero-order valence-electron chi connectivity index (χ0n) is 13.3. The molecule has 0 radical (unpaired) electrons. The van der Waals surface area contributed by atoms with Crippen molar-refractivity contribution >= 4 is 5.91 Å². The fourth-order valence-corrected chi connectivity index (χ4v) is 2.85. The maximum Gasteiger partial charge on any atom is 0.253 e. The highest BCUT2D eigenvalue weighted by molar-refractivity contribution is 5.94. The molecular weight excluding hydrogens is 312 g/mol. The Morgan fingerprint density at radius 2 is 1.71 bits per heavy atom. The first-order valence-electron chi connectivity index (χ1n) is 8.05. The van der Waals surface area contributed by atoms with Gasteiger partial charge >= 0.3 is 0 Å². The van der Waals surface area contributed by atoms with Crippen LogP contribution in [-0.2, 0) is 0 Å². The van der Waals surface area contributed by atoms with Crippen LogP contribution in [-0.4, -0.2) is 30.5 Å². The van der Waals surface area contributed by atoms with Crippen molar-refractivity contribution in [1.29, 1.82) is 0 Å². The first-order valence-corrected chi connectivity index (χ1v) is 8.05. The second kappa shape index (κ2) is 7.43. The van der Waals surface area contributed by atoms with Crippen molar-refractivity contribution in [3.05, 3.63) is 65.7 Å².